The maximum atomic E-state index is 12.8. The molecule has 1 N–H and O–H groups in total. The molecule has 2 aromatic heterocycles. The standard InChI is InChI=1S/C22H22N2O3/c1-15-5-2-6-16(13-15)14-24-11-4-7-18(22(24)26)21(25)23-19-8-3-9-20-17(19)10-12-27-20/h2,4-7,10-13,19H,3,8-9,14H2,1H3,(H,23,25). The van der Waals surface area contributed by atoms with Crippen molar-refractivity contribution in [2.24, 2.45) is 0 Å². The van der Waals surface area contributed by atoms with Gasteiger partial charge in [0.2, 0.25) is 0 Å². The van der Waals surface area contributed by atoms with Gasteiger partial charge in [0.25, 0.3) is 11.5 Å². The summed E-state index contributed by atoms with van der Waals surface area (Å²) in [7, 11) is 0. The van der Waals surface area contributed by atoms with E-state index < -0.39 is 0 Å². The second kappa shape index (κ2) is 7.27. The first-order chi connectivity index (χ1) is 13.1. The summed E-state index contributed by atoms with van der Waals surface area (Å²) in [5, 5.41) is 3.01. The van der Waals surface area contributed by atoms with Gasteiger partial charge < -0.3 is 14.3 Å². The Morgan fingerprint density at radius 1 is 1.26 bits per heavy atom. The molecule has 0 fully saturated rings. The zero-order valence-electron chi connectivity index (χ0n) is 15.3. The van der Waals surface area contributed by atoms with Crippen molar-refractivity contribution in [1.29, 1.82) is 0 Å². The predicted molar refractivity (Wildman–Crippen MR) is 103 cm³/mol. The molecule has 0 saturated carbocycles. The molecular weight excluding hydrogens is 340 g/mol. The van der Waals surface area contributed by atoms with Crippen LogP contribution in [0.1, 0.15) is 51.7 Å². The molecule has 4 rings (SSSR count). The lowest BCUT2D eigenvalue weighted by molar-refractivity contribution is 0.0930. The van der Waals surface area contributed by atoms with Crippen molar-refractivity contribution < 1.29 is 9.21 Å². The Labute approximate surface area is 157 Å². The van der Waals surface area contributed by atoms with Crippen molar-refractivity contribution in [3.8, 4) is 0 Å². The van der Waals surface area contributed by atoms with Crippen LogP contribution in [0.2, 0.25) is 0 Å². The molecule has 2 heterocycles. The third-order valence-electron chi connectivity index (χ3n) is 5.06. The van der Waals surface area contributed by atoms with E-state index in [1.54, 1.807) is 29.2 Å². The van der Waals surface area contributed by atoms with Crippen LogP contribution in [0.3, 0.4) is 0 Å². The fourth-order valence-electron chi connectivity index (χ4n) is 3.71. The van der Waals surface area contributed by atoms with Crippen molar-refractivity contribution in [1.82, 2.24) is 9.88 Å². The van der Waals surface area contributed by atoms with E-state index in [0.717, 1.165) is 41.7 Å². The first-order valence-corrected chi connectivity index (χ1v) is 9.24. The summed E-state index contributed by atoms with van der Waals surface area (Å²) in [5.41, 5.74) is 3.08. The van der Waals surface area contributed by atoms with Gasteiger partial charge in [0.1, 0.15) is 11.3 Å². The van der Waals surface area contributed by atoms with E-state index in [9.17, 15) is 9.59 Å². The van der Waals surface area contributed by atoms with Crippen LogP contribution >= 0.6 is 0 Å². The van der Waals surface area contributed by atoms with Gasteiger partial charge in [-0.25, -0.2) is 0 Å². The average molecular weight is 362 g/mol. The molecule has 1 amide bonds. The maximum absolute atomic E-state index is 12.8. The maximum Gasteiger partial charge on any atom is 0.263 e. The summed E-state index contributed by atoms with van der Waals surface area (Å²) in [6, 6.07) is 13.1. The highest BCUT2D eigenvalue weighted by molar-refractivity contribution is 5.94. The molecular formula is C22H22N2O3. The second-order valence-corrected chi connectivity index (χ2v) is 7.06. The zero-order valence-corrected chi connectivity index (χ0v) is 15.3. The molecule has 138 valence electrons. The van der Waals surface area contributed by atoms with E-state index in [1.165, 1.54) is 0 Å². The number of furan rings is 1. The Morgan fingerprint density at radius 2 is 2.15 bits per heavy atom. The minimum Gasteiger partial charge on any atom is -0.469 e. The number of carbonyl (C=O) groups excluding carboxylic acids is 1. The number of carbonyl (C=O) groups is 1. The third kappa shape index (κ3) is 3.58. The van der Waals surface area contributed by atoms with Crippen molar-refractivity contribution in [3.63, 3.8) is 0 Å². The Morgan fingerprint density at radius 3 is 3.00 bits per heavy atom. The quantitative estimate of drug-likeness (QED) is 0.771. The first kappa shape index (κ1) is 17.3. The van der Waals surface area contributed by atoms with E-state index in [1.807, 2.05) is 37.3 Å². The minimum atomic E-state index is -0.336. The summed E-state index contributed by atoms with van der Waals surface area (Å²) in [6.45, 7) is 2.46. The van der Waals surface area contributed by atoms with Gasteiger partial charge in [0.15, 0.2) is 0 Å². The van der Waals surface area contributed by atoms with E-state index in [4.69, 9.17) is 4.42 Å². The molecule has 1 unspecified atom stereocenters. The van der Waals surface area contributed by atoms with Gasteiger partial charge in [0.05, 0.1) is 18.8 Å². The molecule has 5 heteroatoms. The summed E-state index contributed by atoms with van der Waals surface area (Å²) in [5.74, 6) is 0.592. The van der Waals surface area contributed by atoms with Gasteiger partial charge in [-0.2, -0.15) is 0 Å². The number of nitrogens with zero attached hydrogens (tertiary/aromatic N) is 1. The molecule has 1 aliphatic carbocycles. The molecule has 0 bridgehead atoms. The summed E-state index contributed by atoms with van der Waals surface area (Å²) in [6.07, 6.45) is 6.08. The topological polar surface area (TPSA) is 64.2 Å². The van der Waals surface area contributed by atoms with Crippen LogP contribution < -0.4 is 10.9 Å². The highest BCUT2D eigenvalue weighted by Crippen LogP contribution is 2.30. The van der Waals surface area contributed by atoms with Gasteiger partial charge in [-0.15, -0.1) is 0 Å². The number of aryl methyl sites for hydroxylation is 2. The first-order valence-electron chi connectivity index (χ1n) is 9.24. The lowest BCUT2D eigenvalue weighted by Crippen LogP contribution is -2.36. The fourth-order valence-corrected chi connectivity index (χ4v) is 3.71. The lowest BCUT2D eigenvalue weighted by atomic mass is 9.93. The van der Waals surface area contributed by atoms with Gasteiger partial charge in [0, 0.05) is 18.2 Å². The van der Waals surface area contributed by atoms with Gasteiger partial charge in [-0.3, -0.25) is 9.59 Å². The number of fused-ring (bicyclic) bond motifs is 1. The monoisotopic (exact) mass is 362 g/mol. The van der Waals surface area contributed by atoms with Gasteiger partial charge >= 0.3 is 0 Å². The SMILES string of the molecule is Cc1cccc(Cn2cccc(C(=O)NC3CCCc4occc43)c2=O)c1. The molecule has 0 radical (unpaired) electrons. The number of nitrogens with one attached hydrogen (secondary N) is 1. The fraction of sp³-hybridized carbons (Fsp3) is 0.273. The molecule has 27 heavy (non-hydrogen) atoms. The van der Waals surface area contributed by atoms with Crippen LogP contribution in [0.15, 0.2) is 64.1 Å². The number of pyridine rings is 1. The summed E-state index contributed by atoms with van der Waals surface area (Å²) in [4.78, 5) is 25.6. The largest absolute Gasteiger partial charge is 0.469 e. The van der Waals surface area contributed by atoms with Gasteiger partial charge in [-0.05, 0) is 43.5 Å². The average Bonchev–Trinajstić information content (AvgIpc) is 3.13. The highest BCUT2D eigenvalue weighted by atomic mass is 16.3. The van der Waals surface area contributed by atoms with Crippen LogP contribution in [0.25, 0.3) is 0 Å². The number of aromatic nitrogens is 1. The van der Waals surface area contributed by atoms with Crippen molar-refractivity contribution in [3.05, 3.63) is 93.3 Å². The number of hydrogen-bond acceptors (Lipinski definition) is 3. The molecule has 1 aromatic carbocycles. The lowest BCUT2D eigenvalue weighted by Gasteiger charge is -2.22. The molecule has 3 aromatic rings. The molecule has 0 saturated heterocycles. The third-order valence-corrected chi connectivity index (χ3v) is 5.06. The molecule has 0 aliphatic heterocycles. The number of benzene rings is 1. The Bertz CT molecular complexity index is 1030. The highest BCUT2D eigenvalue weighted by Gasteiger charge is 2.25. The van der Waals surface area contributed by atoms with Crippen LogP contribution in [0, 0.1) is 6.92 Å². The molecule has 0 spiro atoms. The smallest absolute Gasteiger partial charge is 0.263 e. The van der Waals surface area contributed by atoms with Crippen LogP contribution in [0.4, 0.5) is 0 Å². The van der Waals surface area contributed by atoms with Crippen LogP contribution in [-0.2, 0) is 13.0 Å². The van der Waals surface area contributed by atoms with E-state index in [2.05, 4.69) is 5.32 Å². The van der Waals surface area contributed by atoms with Gasteiger partial charge in [-0.1, -0.05) is 29.8 Å². The van der Waals surface area contributed by atoms with Crippen molar-refractivity contribution >= 4 is 5.91 Å². The Kier molecular flexibility index (Phi) is 4.67. The second-order valence-electron chi connectivity index (χ2n) is 7.06. The Balaban J connectivity index is 1.56. The molecule has 5 nitrogen and oxygen atoms in total. The summed E-state index contributed by atoms with van der Waals surface area (Å²) >= 11 is 0. The van der Waals surface area contributed by atoms with E-state index >= 15 is 0 Å². The van der Waals surface area contributed by atoms with E-state index in [0.29, 0.717) is 6.54 Å². The van der Waals surface area contributed by atoms with Crippen LogP contribution in [0.5, 0.6) is 0 Å². The Hall–Kier alpha value is -3.08. The van der Waals surface area contributed by atoms with Crippen molar-refractivity contribution in [2.45, 2.75) is 38.8 Å². The van der Waals surface area contributed by atoms with Crippen LogP contribution in [-0.4, -0.2) is 10.5 Å². The number of hydrogen-bond donors (Lipinski definition) is 1. The number of amides is 1. The molecule has 1 atom stereocenters. The zero-order chi connectivity index (χ0) is 18.8. The predicted octanol–water partition coefficient (Wildman–Crippen LogP) is 3.61. The molecule has 1 aliphatic rings. The van der Waals surface area contributed by atoms with E-state index in [-0.39, 0.29) is 23.1 Å². The van der Waals surface area contributed by atoms with Crippen molar-refractivity contribution in [2.75, 3.05) is 0 Å². The minimum absolute atomic E-state index is 0.107. The normalized spacial score (nSPS) is 16.0. The summed E-state index contributed by atoms with van der Waals surface area (Å²) < 4.78 is 7.05. The number of rotatable bonds is 4.